The molecule has 0 amide bonds. The average Bonchev–Trinajstić information content (AvgIpc) is 3.42. The Hall–Kier alpha value is -2.13. The summed E-state index contributed by atoms with van der Waals surface area (Å²) in [5, 5.41) is 10.3. The van der Waals surface area contributed by atoms with Crippen LogP contribution in [0.3, 0.4) is 0 Å². The van der Waals surface area contributed by atoms with E-state index in [0.29, 0.717) is 15.9 Å². The number of halogens is 4. The van der Waals surface area contributed by atoms with Crippen LogP contribution in [0.5, 0.6) is 0 Å². The van der Waals surface area contributed by atoms with Gasteiger partial charge in [-0.15, -0.1) is 0 Å². The number of fused-ring (bicyclic) bond motifs is 1. The topological polar surface area (TPSA) is 54.2 Å². The average molecular weight is 484 g/mol. The molecule has 2 aromatic heterocycles. The first kappa shape index (κ1) is 22.6. The monoisotopic (exact) mass is 483 g/mol. The van der Waals surface area contributed by atoms with Gasteiger partial charge in [0.2, 0.25) is 0 Å². The lowest BCUT2D eigenvalue weighted by atomic mass is 10.0. The minimum atomic E-state index is -4.20. The van der Waals surface area contributed by atoms with Crippen molar-refractivity contribution in [3.05, 3.63) is 46.2 Å². The SMILES string of the molecule is CNC1CC1.Cc1ccc(-c2cnc3c(NCCC(F)(F)F)cc(Br)nn23)cc1C. The van der Waals surface area contributed by atoms with E-state index in [1.807, 2.05) is 39.1 Å². The molecule has 162 valence electrons. The maximum Gasteiger partial charge on any atom is 0.390 e. The molecular weight excluding hydrogens is 459 g/mol. The van der Waals surface area contributed by atoms with Crippen LogP contribution in [0.4, 0.5) is 18.9 Å². The minimum Gasteiger partial charge on any atom is -0.382 e. The summed E-state index contributed by atoms with van der Waals surface area (Å²) in [5.41, 5.74) is 5.03. The predicted molar refractivity (Wildman–Crippen MR) is 117 cm³/mol. The number of hydrogen-bond acceptors (Lipinski definition) is 4. The summed E-state index contributed by atoms with van der Waals surface area (Å²) in [5.74, 6) is 0. The number of aryl methyl sites for hydroxylation is 2. The van der Waals surface area contributed by atoms with Gasteiger partial charge in [0.15, 0.2) is 5.65 Å². The summed E-state index contributed by atoms with van der Waals surface area (Å²) in [6.07, 6.45) is -0.641. The number of rotatable bonds is 5. The van der Waals surface area contributed by atoms with Gasteiger partial charge in [-0.05, 0) is 72.9 Å². The lowest BCUT2D eigenvalue weighted by Crippen LogP contribution is -2.15. The summed E-state index contributed by atoms with van der Waals surface area (Å²) < 4.78 is 39.2. The molecule has 0 atom stereocenters. The Labute approximate surface area is 182 Å². The van der Waals surface area contributed by atoms with Gasteiger partial charge in [0, 0.05) is 18.2 Å². The molecule has 0 spiro atoms. The highest BCUT2D eigenvalue weighted by Gasteiger charge is 2.26. The van der Waals surface area contributed by atoms with Gasteiger partial charge in [-0.25, -0.2) is 9.50 Å². The number of imidazole rings is 1. The van der Waals surface area contributed by atoms with Gasteiger partial charge in [0.05, 0.1) is 24.0 Å². The van der Waals surface area contributed by atoms with E-state index in [-0.39, 0.29) is 6.54 Å². The number of anilines is 1. The molecule has 30 heavy (non-hydrogen) atoms. The number of nitrogens with zero attached hydrogens (tertiary/aromatic N) is 3. The Morgan fingerprint density at radius 3 is 2.47 bits per heavy atom. The Balaban J connectivity index is 0.000000448. The van der Waals surface area contributed by atoms with Crippen LogP contribution in [0.1, 0.15) is 30.4 Å². The number of alkyl halides is 3. The van der Waals surface area contributed by atoms with Crippen LogP contribution < -0.4 is 10.6 Å². The summed E-state index contributed by atoms with van der Waals surface area (Å²) in [7, 11) is 2.01. The molecule has 5 nitrogen and oxygen atoms in total. The summed E-state index contributed by atoms with van der Waals surface area (Å²) in [6.45, 7) is 3.84. The maximum absolute atomic E-state index is 12.4. The van der Waals surface area contributed by atoms with Crippen molar-refractivity contribution in [2.24, 2.45) is 0 Å². The van der Waals surface area contributed by atoms with E-state index in [4.69, 9.17) is 0 Å². The molecule has 1 fully saturated rings. The first-order valence-electron chi connectivity index (χ1n) is 9.77. The highest BCUT2D eigenvalue weighted by Crippen LogP contribution is 2.28. The van der Waals surface area contributed by atoms with E-state index in [1.54, 1.807) is 16.8 Å². The second-order valence-corrected chi connectivity index (χ2v) is 8.23. The molecule has 1 aliphatic carbocycles. The Morgan fingerprint density at radius 2 is 1.90 bits per heavy atom. The largest absolute Gasteiger partial charge is 0.390 e. The third kappa shape index (κ3) is 5.95. The molecule has 0 aliphatic heterocycles. The van der Waals surface area contributed by atoms with E-state index in [1.165, 1.54) is 18.4 Å². The molecule has 1 aliphatic rings. The number of benzene rings is 1. The van der Waals surface area contributed by atoms with Crippen molar-refractivity contribution in [3.8, 4) is 11.3 Å². The molecule has 3 aromatic rings. The van der Waals surface area contributed by atoms with Crippen LogP contribution >= 0.6 is 15.9 Å². The molecular formula is C21H25BrF3N5. The smallest absolute Gasteiger partial charge is 0.382 e. The van der Waals surface area contributed by atoms with E-state index in [0.717, 1.165) is 22.9 Å². The highest BCUT2D eigenvalue weighted by atomic mass is 79.9. The second-order valence-electron chi connectivity index (χ2n) is 7.41. The van der Waals surface area contributed by atoms with Crippen molar-refractivity contribution in [1.82, 2.24) is 19.9 Å². The van der Waals surface area contributed by atoms with E-state index in [2.05, 4.69) is 36.6 Å². The van der Waals surface area contributed by atoms with Crippen molar-refractivity contribution < 1.29 is 13.2 Å². The standard InChI is InChI=1S/C17H16BrF3N4.C4H9N/c1-10-3-4-12(7-11(10)2)14-9-23-16-13(8-15(18)24-25(14)16)22-6-5-17(19,20)21;1-5-4-2-3-4/h3-4,7-9,22H,5-6H2,1-2H3;4-5H,2-3H2,1H3. The van der Waals surface area contributed by atoms with E-state index in [9.17, 15) is 13.2 Å². The Kier molecular flexibility index (Phi) is 7.02. The van der Waals surface area contributed by atoms with Crippen molar-refractivity contribution in [3.63, 3.8) is 0 Å². The van der Waals surface area contributed by atoms with E-state index >= 15 is 0 Å². The molecule has 2 N–H and O–H groups in total. The molecule has 1 saturated carbocycles. The third-order valence-electron chi connectivity index (χ3n) is 4.95. The molecule has 4 rings (SSSR count). The van der Waals surface area contributed by atoms with Crippen molar-refractivity contribution in [2.45, 2.75) is 45.3 Å². The Morgan fingerprint density at radius 1 is 1.17 bits per heavy atom. The third-order valence-corrected chi connectivity index (χ3v) is 5.34. The van der Waals surface area contributed by atoms with Gasteiger partial charge < -0.3 is 10.6 Å². The second kappa shape index (κ2) is 9.34. The molecule has 0 radical (unpaired) electrons. The van der Waals surface area contributed by atoms with Gasteiger partial charge in [0.25, 0.3) is 0 Å². The first-order valence-corrected chi connectivity index (χ1v) is 10.6. The number of hydrogen-bond donors (Lipinski definition) is 2. The fourth-order valence-electron chi connectivity index (χ4n) is 2.88. The molecule has 0 unspecified atom stereocenters. The van der Waals surface area contributed by atoms with Crippen molar-refractivity contribution in [2.75, 3.05) is 18.9 Å². The van der Waals surface area contributed by atoms with E-state index < -0.39 is 12.6 Å². The van der Waals surface area contributed by atoms with Crippen molar-refractivity contribution in [1.29, 1.82) is 0 Å². The lowest BCUT2D eigenvalue weighted by Gasteiger charge is -2.11. The number of nitrogens with one attached hydrogen (secondary N) is 2. The van der Waals surface area contributed by atoms with Gasteiger partial charge >= 0.3 is 6.18 Å². The summed E-state index contributed by atoms with van der Waals surface area (Å²) >= 11 is 3.31. The normalized spacial score (nSPS) is 13.8. The fourth-order valence-corrected chi connectivity index (χ4v) is 3.26. The van der Waals surface area contributed by atoms with Gasteiger partial charge in [-0.2, -0.15) is 18.3 Å². The molecule has 2 heterocycles. The zero-order chi connectivity index (χ0) is 21.9. The molecule has 0 bridgehead atoms. The van der Waals surface area contributed by atoms with Crippen LogP contribution in [0.2, 0.25) is 0 Å². The van der Waals surface area contributed by atoms with Crippen LogP contribution in [-0.2, 0) is 0 Å². The van der Waals surface area contributed by atoms with Crippen LogP contribution in [0.25, 0.3) is 16.9 Å². The van der Waals surface area contributed by atoms with Crippen LogP contribution in [0, 0.1) is 13.8 Å². The maximum atomic E-state index is 12.4. The summed E-state index contributed by atoms with van der Waals surface area (Å²) in [4.78, 5) is 4.34. The van der Waals surface area contributed by atoms with Gasteiger partial charge in [-0.1, -0.05) is 12.1 Å². The summed E-state index contributed by atoms with van der Waals surface area (Å²) in [6, 6.07) is 8.55. The van der Waals surface area contributed by atoms with Gasteiger partial charge in [-0.3, -0.25) is 0 Å². The predicted octanol–water partition coefficient (Wildman–Crippen LogP) is 5.51. The van der Waals surface area contributed by atoms with Gasteiger partial charge in [0.1, 0.15) is 4.60 Å². The van der Waals surface area contributed by atoms with Crippen LogP contribution in [0.15, 0.2) is 35.1 Å². The zero-order valence-corrected chi connectivity index (χ0v) is 18.7. The van der Waals surface area contributed by atoms with Crippen LogP contribution in [-0.4, -0.2) is 40.4 Å². The lowest BCUT2D eigenvalue weighted by molar-refractivity contribution is -0.131. The quantitative estimate of drug-likeness (QED) is 0.502. The first-order chi connectivity index (χ1) is 14.2. The fraction of sp³-hybridized carbons (Fsp3) is 0.429. The molecule has 1 aromatic carbocycles. The van der Waals surface area contributed by atoms with Crippen molar-refractivity contribution >= 4 is 27.3 Å². The molecule has 9 heteroatoms. The minimum absolute atomic E-state index is 0.221. The number of aromatic nitrogens is 3. The Bertz CT molecular complexity index is 1010. The zero-order valence-electron chi connectivity index (χ0n) is 17.1. The highest BCUT2D eigenvalue weighted by molar-refractivity contribution is 9.10. The molecule has 0 saturated heterocycles.